The number of nitrogens with one attached hydrogen (secondary N) is 1. The molecule has 0 heterocycles. The van der Waals surface area contributed by atoms with Gasteiger partial charge in [0, 0.05) is 11.2 Å². The van der Waals surface area contributed by atoms with Crippen LogP contribution >= 0.6 is 0 Å². The average molecular weight is 300 g/mol. The van der Waals surface area contributed by atoms with Crippen molar-refractivity contribution in [1.29, 1.82) is 0 Å². The molecule has 6 heteroatoms. The number of rotatable bonds is 2. The molecule has 1 aliphatic carbocycles. The van der Waals surface area contributed by atoms with Crippen LogP contribution in [0.25, 0.3) is 0 Å². The molecule has 0 radical (unpaired) electrons. The van der Waals surface area contributed by atoms with E-state index >= 15 is 0 Å². The van der Waals surface area contributed by atoms with Crippen LogP contribution in [0.4, 0.5) is 18.9 Å². The van der Waals surface area contributed by atoms with E-state index in [0.29, 0.717) is 0 Å². The second-order valence-corrected chi connectivity index (χ2v) is 5.88. The van der Waals surface area contributed by atoms with E-state index in [1.807, 2.05) is 6.92 Å². The largest absolute Gasteiger partial charge is 0.416 e. The first kappa shape index (κ1) is 15.7. The Morgan fingerprint density at radius 1 is 1.24 bits per heavy atom. The number of benzene rings is 1. The molecule has 1 aliphatic rings. The molecule has 0 atom stereocenters. The van der Waals surface area contributed by atoms with Gasteiger partial charge in [-0.25, -0.2) is 0 Å². The van der Waals surface area contributed by atoms with Crippen molar-refractivity contribution in [2.75, 3.05) is 5.73 Å². The Balaban J connectivity index is 2.22. The standard InChI is InChI=1S/C15H19F3N2O/c1-14(7-3-2-4-8-14)20-13(21)11-9-10(15(16,17)18)5-6-12(11)19/h5-6,9H,2-4,7-8,19H2,1H3,(H,20,21). The van der Waals surface area contributed by atoms with Gasteiger partial charge in [0.05, 0.1) is 11.1 Å². The first-order chi connectivity index (χ1) is 9.71. The smallest absolute Gasteiger partial charge is 0.398 e. The molecular formula is C15H19F3N2O. The van der Waals surface area contributed by atoms with Gasteiger partial charge in [0.1, 0.15) is 0 Å². The number of nitrogen functional groups attached to an aromatic ring is 1. The van der Waals surface area contributed by atoms with E-state index in [0.717, 1.165) is 50.3 Å². The van der Waals surface area contributed by atoms with E-state index < -0.39 is 17.6 Å². The summed E-state index contributed by atoms with van der Waals surface area (Å²) < 4.78 is 38.2. The Kier molecular flexibility index (Phi) is 4.16. The van der Waals surface area contributed by atoms with Crippen LogP contribution in [0.5, 0.6) is 0 Å². The maximum atomic E-state index is 12.7. The normalized spacial score (nSPS) is 18.3. The number of carbonyl (C=O) groups is 1. The molecule has 0 spiro atoms. The first-order valence-corrected chi connectivity index (χ1v) is 7.00. The maximum Gasteiger partial charge on any atom is 0.416 e. The first-order valence-electron chi connectivity index (χ1n) is 7.00. The second kappa shape index (κ2) is 5.58. The predicted octanol–water partition coefficient (Wildman–Crippen LogP) is 3.74. The number of hydrogen-bond donors (Lipinski definition) is 2. The Morgan fingerprint density at radius 2 is 1.86 bits per heavy atom. The fourth-order valence-corrected chi connectivity index (χ4v) is 2.73. The van der Waals surface area contributed by atoms with E-state index in [9.17, 15) is 18.0 Å². The molecule has 0 aliphatic heterocycles. The van der Waals surface area contributed by atoms with Gasteiger partial charge in [-0.1, -0.05) is 19.3 Å². The molecule has 0 bridgehead atoms. The number of carbonyl (C=O) groups excluding carboxylic acids is 1. The van der Waals surface area contributed by atoms with Gasteiger partial charge < -0.3 is 11.1 Å². The maximum absolute atomic E-state index is 12.7. The van der Waals surface area contributed by atoms with Crippen molar-refractivity contribution in [2.45, 2.75) is 50.7 Å². The van der Waals surface area contributed by atoms with Crippen LogP contribution in [-0.2, 0) is 6.18 Å². The molecule has 0 aromatic heterocycles. The molecular weight excluding hydrogens is 281 g/mol. The Morgan fingerprint density at radius 3 is 2.43 bits per heavy atom. The minimum absolute atomic E-state index is 0.0555. The van der Waals surface area contributed by atoms with Crippen molar-refractivity contribution in [3.8, 4) is 0 Å². The predicted molar refractivity (Wildman–Crippen MR) is 74.8 cm³/mol. The van der Waals surface area contributed by atoms with E-state index in [4.69, 9.17) is 5.73 Å². The zero-order valence-corrected chi connectivity index (χ0v) is 11.9. The Labute approximate surface area is 121 Å². The van der Waals surface area contributed by atoms with E-state index in [-0.39, 0.29) is 16.8 Å². The molecule has 1 aromatic rings. The van der Waals surface area contributed by atoms with Gasteiger partial charge >= 0.3 is 6.18 Å². The van der Waals surface area contributed by atoms with Gasteiger partial charge in [0.2, 0.25) is 0 Å². The summed E-state index contributed by atoms with van der Waals surface area (Å²) in [5, 5.41) is 2.84. The molecule has 1 aromatic carbocycles. The third kappa shape index (κ3) is 3.68. The number of amides is 1. The number of anilines is 1. The summed E-state index contributed by atoms with van der Waals surface area (Å²) in [4.78, 5) is 12.3. The van der Waals surface area contributed by atoms with Crippen molar-refractivity contribution >= 4 is 11.6 Å². The number of halogens is 3. The van der Waals surface area contributed by atoms with Gasteiger partial charge in [-0.15, -0.1) is 0 Å². The molecule has 1 amide bonds. The number of alkyl halides is 3. The minimum atomic E-state index is -4.49. The number of nitrogens with two attached hydrogens (primary N) is 1. The van der Waals surface area contributed by atoms with Gasteiger partial charge in [-0.05, 0) is 38.0 Å². The summed E-state index contributed by atoms with van der Waals surface area (Å²) in [6, 6.07) is 2.83. The molecule has 1 fully saturated rings. The van der Waals surface area contributed by atoms with Gasteiger partial charge in [0.15, 0.2) is 0 Å². The van der Waals surface area contributed by atoms with Crippen LogP contribution in [0, 0.1) is 0 Å². The zero-order chi connectivity index (χ0) is 15.7. The highest BCUT2D eigenvalue weighted by atomic mass is 19.4. The lowest BCUT2D eigenvalue weighted by atomic mass is 9.83. The van der Waals surface area contributed by atoms with E-state index in [1.165, 1.54) is 0 Å². The molecule has 116 valence electrons. The molecule has 1 saturated carbocycles. The molecule has 21 heavy (non-hydrogen) atoms. The summed E-state index contributed by atoms with van der Waals surface area (Å²) >= 11 is 0. The highest BCUT2D eigenvalue weighted by Crippen LogP contribution is 2.32. The zero-order valence-electron chi connectivity index (χ0n) is 11.9. The van der Waals surface area contributed by atoms with Gasteiger partial charge in [-0.3, -0.25) is 4.79 Å². The van der Waals surface area contributed by atoms with E-state index in [1.54, 1.807) is 0 Å². The molecule has 3 nitrogen and oxygen atoms in total. The Hall–Kier alpha value is -1.72. The second-order valence-electron chi connectivity index (χ2n) is 5.88. The van der Waals surface area contributed by atoms with E-state index in [2.05, 4.69) is 5.32 Å². The third-order valence-electron chi connectivity index (χ3n) is 4.00. The Bertz CT molecular complexity index is 534. The molecule has 2 rings (SSSR count). The van der Waals surface area contributed by atoms with Crippen LogP contribution in [0.3, 0.4) is 0 Å². The topological polar surface area (TPSA) is 55.1 Å². The van der Waals surface area contributed by atoms with Gasteiger partial charge in [-0.2, -0.15) is 13.2 Å². The number of hydrogen-bond acceptors (Lipinski definition) is 2. The minimum Gasteiger partial charge on any atom is -0.398 e. The summed E-state index contributed by atoms with van der Waals surface area (Å²) in [5.74, 6) is -0.539. The molecule has 0 unspecified atom stereocenters. The summed E-state index contributed by atoms with van der Waals surface area (Å²) in [6.45, 7) is 1.92. The van der Waals surface area contributed by atoms with Crippen LogP contribution in [0.1, 0.15) is 54.9 Å². The van der Waals surface area contributed by atoms with Gasteiger partial charge in [0.25, 0.3) is 5.91 Å². The SMILES string of the molecule is CC1(NC(=O)c2cc(C(F)(F)F)ccc2N)CCCCC1. The fraction of sp³-hybridized carbons (Fsp3) is 0.533. The quantitative estimate of drug-likeness (QED) is 0.817. The third-order valence-corrected chi connectivity index (χ3v) is 4.00. The van der Waals surface area contributed by atoms with Crippen LogP contribution in [0.2, 0.25) is 0 Å². The monoisotopic (exact) mass is 300 g/mol. The summed E-state index contributed by atoms with van der Waals surface area (Å²) in [7, 11) is 0. The van der Waals surface area contributed by atoms with Crippen LogP contribution in [0.15, 0.2) is 18.2 Å². The highest BCUT2D eigenvalue weighted by molar-refractivity contribution is 5.99. The molecule has 3 N–H and O–H groups in total. The van der Waals surface area contributed by atoms with Crippen molar-refractivity contribution in [1.82, 2.24) is 5.32 Å². The summed E-state index contributed by atoms with van der Waals surface area (Å²) in [6.07, 6.45) is 0.313. The average Bonchev–Trinajstić information content (AvgIpc) is 2.38. The summed E-state index contributed by atoms with van der Waals surface area (Å²) in [5.41, 5.74) is 4.36. The van der Waals surface area contributed by atoms with Crippen molar-refractivity contribution in [3.63, 3.8) is 0 Å². The van der Waals surface area contributed by atoms with Crippen LogP contribution < -0.4 is 11.1 Å². The fourth-order valence-electron chi connectivity index (χ4n) is 2.73. The van der Waals surface area contributed by atoms with Crippen molar-refractivity contribution < 1.29 is 18.0 Å². The van der Waals surface area contributed by atoms with Crippen molar-refractivity contribution in [2.24, 2.45) is 0 Å². The lowest BCUT2D eigenvalue weighted by Gasteiger charge is -2.34. The van der Waals surface area contributed by atoms with Crippen LogP contribution in [-0.4, -0.2) is 11.4 Å². The molecule has 0 saturated heterocycles. The lowest BCUT2D eigenvalue weighted by molar-refractivity contribution is -0.137. The van der Waals surface area contributed by atoms with Crippen molar-refractivity contribution in [3.05, 3.63) is 29.3 Å². The lowest BCUT2D eigenvalue weighted by Crippen LogP contribution is -2.47. The highest BCUT2D eigenvalue weighted by Gasteiger charge is 2.33.